The molecule has 0 saturated heterocycles. The molecule has 0 spiro atoms. The minimum atomic E-state index is -5.40. The van der Waals surface area contributed by atoms with Gasteiger partial charge in [-0.05, 0) is 5.56 Å². The number of hydrogen-bond donors (Lipinski definition) is 0. The first-order valence-electron chi connectivity index (χ1n) is 10.2. The minimum Gasteiger partial charge on any atom is -0.451 e. The standard InChI is InChI=1S/C25H18F6O4/c26-24(27,28)21(32)34-20(17-10-4-1-5-11-17)16-23(18-12-6-2-7-13-18,19-14-8-3-9-15-19)35-22(33)25(29,30)31/h1-15,20H,16H2. The van der Waals surface area contributed by atoms with Crippen LogP contribution in [0.4, 0.5) is 26.3 Å². The van der Waals surface area contributed by atoms with Crippen molar-refractivity contribution in [3.63, 3.8) is 0 Å². The van der Waals surface area contributed by atoms with Crippen LogP contribution >= 0.6 is 0 Å². The first-order valence-corrected chi connectivity index (χ1v) is 10.2. The molecule has 4 nitrogen and oxygen atoms in total. The summed E-state index contributed by atoms with van der Waals surface area (Å²) in [5, 5.41) is 0. The summed E-state index contributed by atoms with van der Waals surface area (Å²) in [5.41, 5.74) is -2.13. The third-order valence-corrected chi connectivity index (χ3v) is 5.10. The van der Waals surface area contributed by atoms with Gasteiger partial charge in [0.05, 0.1) is 0 Å². The van der Waals surface area contributed by atoms with Crippen molar-refractivity contribution in [2.75, 3.05) is 0 Å². The van der Waals surface area contributed by atoms with E-state index in [1.54, 1.807) is 18.2 Å². The zero-order valence-electron chi connectivity index (χ0n) is 17.8. The minimum absolute atomic E-state index is 0.0350. The number of halogens is 6. The van der Waals surface area contributed by atoms with Crippen molar-refractivity contribution < 1.29 is 45.4 Å². The van der Waals surface area contributed by atoms with E-state index in [-0.39, 0.29) is 16.7 Å². The smallest absolute Gasteiger partial charge is 0.451 e. The highest BCUT2D eigenvalue weighted by atomic mass is 19.4. The average Bonchev–Trinajstić information content (AvgIpc) is 2.83. The van der Waals surface area contributed by atoms with Crippen LogP contribution < -0.4 is 0 Å². The van der Waals surface area contributed by atoms with E-state index in [1.807, 2.05) is 0 Å². The van der Waals surface area contributed by atoms with E-state index in [1.165, 1.54) is 72.8 Å². The third kappa shape index (κ3) is 6.20. The number of benzene rings is 3. The molecule has 0 heterocycles. The highest BCUT2D eigenvalue weighted by Gasteiger charge is 2.50. The van der Waals surface area contributed by atoms with Crippen LogP contribution in [-0.4, -0.2) is 24.3 Å². The highest BCUT2D eigenvalue weighted by Crippen LogP contribution is 2.44. The van der Waals surface area contributed by atoms with Crippen LogP contribution in [-0.2, 0) is 24.7 Å². The van der Waals surface area contributed by atoms with E-state index < -0.39 is 42.4 Å². The van der Waals surface area contributed by atoms with E-state index in [0.29, 0.717) is 0 Å². The number of esters is 2. The third-order valence-electron chi connectivity index (χ3n) is 5.10. The van der Waals surface area contributed by atoms with Crippen LogP contribution in [0.3, 0.4) is 0 Å². The number of alkyl halides is 6. The monoisotopic (exact) mass is 496 g/mol. The Bertz CT molecular complexity index is 1090. The van der Waals surface area contributed by atoms with Gasteiger partial charge >= 0.3 is 24.3 Å². The fourth-order valence-electron chi connectivity index (χ4n) is 3.55. The predicted octanol–water partition coefficient (Wildman–Crippen LogP) is 6.27. The van der Waals surface area contributed by atoms with Gasteiger partial charge in [0, 0.05) is 17.5 Å². The first-order chi connectivity index (χ1) is 16.4. The summed E-state index contributed by atoms with van der Waals surface area (Å²) in [6, 6.07) is 21.6. The molecule has 35 heavy (non-hydrogen) atoms. The summed E-state index contributed by atoms with van der Waals surface area (Å²) in [7, 11) is 0. The Kier molecular flexibility index (Phi) is 7.52. The van der Waals surface area contributed by atoms with Gasteiger partial charge in [0.2, 0.25) is 0 Å². The lowest BCUT2D eigenvalue weighted by atomic mass is 9.80. The Hall–Kier alpha value is -3.82. The lowest BCUT2D eigenvalue weighted by molar-refractivity contribution is -0.218. The molecular weight excluding hydrogens is 478 g/mol. The summed E-state index contributed by atoms with van der Waals surface area (Å²) >= 11 is 0. The molecule has 3 aromatic rings. The van der Waals surface area contributed by atoms with Gasteiger partial charge in [-0.2, -0.15) is 26.3 Å². The Morgan fingerprint density at radius 2 is 1.03 bits per heavy atom. The van der Waals surface area contributed by atoms with Crippen LogP contribution in [0, 0.1) is 0 Å². The molecule has 0 saturated carbocycles. The molecule has 0 fully saturated rings. The van der Waals surface area contributed by atoms with Crippen LogP contribution in [0.15, 0.2) is 91.0 Å². The molecule has 0 amide bonds. The Morgan fingerprint density at radius 3 is 1.43 bits per heavy atom. The van der Waals surface area contributed by atoms with Gasteiger partial charge in [0.15, 0.2) is 5.60 Å². The molecule has 0 N–H and O–H groups in total. The zero-order valence-corrected chi connectivity index (χ0v) is 17.8. The molecule has 3 aromatic carbocycles. The largest absolute Gasteiger partial charge is 0.490 e. The number of hydrogen-bond acceptors (Lipinski definition) is 4. The van der Waals surface area contributed by atoms with Crippen LogP contribution in [0.2, 0.25) is 0 Å². The summed E-state index contributed by atoms with van der Waals surface area (Å²) in [6.07, 6.45) is -13.3. The van der Waals surface area contributed by atoms with E-state index in [2.05, 4.69) is 0 Å². The quantitative estimate of drug-likeness (QED) is 0.286. The molecule has 1 atom stereocenters. The maximum absolute atomic E-state index is 13.3. The van der Waals surface area contributed by atoms with Crippen molar-refractivity contribution in [3.8, 4) is 0 Å². The van der Waals surface area contributed by atoms with Crippen molar-refractivity contribution in [1.82, 2.24) is 0 Å². The molecule has 0 aliphatic heterocycles. The maximum atomic E-state index is 13.3. The summed E-state index contributed by atoms with van der Waals surface area (Å²) in [4.78, 5) is 23.8. The van der Waals surface area contributed by atoms with Gasteiger partial charge in [-0.25, -0.2) is 9.59 Å². The molecule has 0 aliphatic rings. The lowest BCUT2D eigenvalue weighted by Gasteiger charge is -2.37. The van der Waals surface area contributed by atoms with Crippen LogP contribution in [0.25, 0.3) is 0 Å². The Balaban J connectivity index is 2.22. The van der Waals surface area contributed by atoms with E-state index in [9.17, 15) is 35.9 Å². The average molecular weight is 496 g/mol. The second kappa shape index (κ2) is 10.2. The predicted molar refractivity (Wildman–Crippen MR) is 112 cm³/mol. The number of carbonyl (C=O) groups excluding carboxylic acids is 2. The second-order valence-electron chi connectivity index (χ2n) is 7.45. The fraction of sp³-hybridized carbons (Fsp3) is 0.200. The van der Waals surface area contributed by atoms with E-state index in [4.69, 9.17) is 9.47 Å². The summed E-state index contributed by atoms with van der Waals surface area (Å²) in [5.74, 6) is -5.09. The molecule has 10 heteroatoms. The van der Waals surface area contributed by atoms with Gasteiger partial charge in [-0.1, -0.05) is 91.0 Å². The Labute approximate surface area is 196 Å². The molecule has 184 valence electrons. The first kappa shape index (κ1) is 25.8. The maximum Gasteiger partial charge on any atom is 0.490 e. The van der Waals surface area contributed by atoms with Crippen molar-refractivity contribution in [2.24, 2.45) is 0 Å². The van der Waals surface area contributed by atoms with E-state index in [0.717, 1.165) is 0 Å². The Morgan fingerprint density at radius 1 is 0.629 bits per heavy atom. The number of rotatable bonds is 7. The molecule has 0 aromatic heterocycles. The second-order valence-corrected chi connectivity index (χ2v) is 7.45. The number of ether oxygens (including phenoxy) is 2. The molecule has 3 rings (SSSR count). The highest BCUT2D eigenvalue weighted by molar-refractivity contribution is 5.77. The van der Waals surface area contributed by atoms with Gasteiger partial charge in [0.1, 0.15) is 6.10 Å². The summed E-state index contributed by atoms with van der Waals surface area (Å²) < 4.78 is 89.0. The van der Waals surface area contributed by atoms with Gasteiger partial charge in [-0.3, -0.25) is 0 Å². The lowest BCUT2D eigenvalue weighted by Crippen LogP contribution is -2.41. The molecule has 0 aliphatic carbocycles. The van der Waals surface area contributed by atoms with Crippen LogP contribution in [0.1, 0.15) is 29.2 Å². The zero-order chi connectivity index (χ0) is 25.7. The SMILES string of the molecule is O=C(OC(CC(OC(=O)C(F)(F)F)(c1ccccc1)c1ccccc1)c1ccccc1)C(F)(F)F. The topological polar surface area (TPSA) is 52.6 Å². The normalized spacial score (nSPS) is 13.1. The molecule has 1 unspecified atom stereocenters. The molecule has 0 bridgehead atoms. The molecular formula is C25H18F6O4. The summed E-state index contributed by atoms with van der Waals surface area (Å²) in [6.45, 7) is 0. The van der Waals surface area contributed by atoms with Crippen LogP contribution in [0.5, 0.6) is 0 Å². The van der Waals surface area contributed by atoms with Crippen molar-refractivity contribution in [1.29, 1.82) is 0 Å². The van der Waals surface area contributed by atoms with Crippen molar-refractivity contribution in [3.05, 3.63) is 108 Å². The van der Waals surface area contributed by atoms with Gasteiger partial charge < -0.3 is 9.47 Å². The van der Waals surface area contributed by atoms with Gasteiger partial charge in [-0.15, -0.1) is 0 Å². The van der Waals surface area contributed by atoms with Gasteiger partial charge in [0.25, 0.3) is 0 Å². The fourth-order valence-corrected chi connectivity index (χ4v) is 3.55. The number of carbonyl (C=O) groups is 2. The van der Waals surface area contributed by atoms with Crippen molar-refractivity contribution in [2.45, 2.75) is 30.5 Å². The van der Waals surface area contributed by atoms with E-state index >= 15 is 0 Å². The molecule has 0 radical (unpaired) electrons. The van der Waals surface area contributed by atoms with Crippen molar-refractivity contribution >= 4 is 11.9 Å².